The highest BCUT2D eigenvalue weighted by Crippen LogP contribution is 2.34. The summed E-state index contributed by atoms with van der Waals surface area (Å²) in [5.74, 6) is -0.0958. The molecular weight excluding hydrogens is 292 g/mol. The van der Waals surface area contributed by atoms with Gasteiger partial charge < -0.3 is 14.1 Å². The molecule has 1 amide bonds. The molecule has 0 aliphatic carbocycles. The Hall–Kier alpha value is -2.30. The van der Waals surface area contributed by atoms with E-state index in [9.17, 15) is 4.79 Å². The van der Waals surface area contributed by atoms with Crippen LogP contribution >= 0.6 is 0 Å². The molecule has 1 aromatic carbocycles. The van der Waals surface area contributed by atoms with Crippen LogP contribution in [-0.2, 0) is 5.41 Å². The van der Waals surface area contributed by atoms with Crippen LogP contribution in [0.15, 0.2) is 41.0 Å². The van der Waals surface area contributed by atoms with Gasteiger partial charge >= 0.3 is 6.08 Å². The first-order chi connectivity index (χ1) is 11.1. The second kappa shape index (κ2) is 6.44. The minimum Gasteiger partial charge on any atom is -0.450 e. The number of carbonyl (C=O) groups excluding carboxylic acids is 1. The molecule has 1 saturated heterocycles. The van der Waals surface area contributed by atoms with Crippen molar-refractivity contribution in [3.05, 3.63) is 47.9 Å². The molecule has 1 atom stereocenters. The lowest BCUT2D eigenvalue weighted by Crippen LogP contribution is -2.47. The van der Waals surface area contributed by atoms with Crippen molar-refractivity contribution < 1.29 is 13.9 Å². The van der Waals surface area contributed by atoms with E-state index in [2.05, 4.69) is 24.0 Å². The average Bonchev–Trinajstić information content (AvgIpc) is 3.04. The number of rotatable bonds is 4. The topological polar surface area (TPSA) is 55.6 Å². The number of benzene rings is 1. The van der Waals surface area contributed by atoms with E-state index < -0.39 is 0 Å². The van der Waals surface area contributed by atoms with Crippen molar-refractivity contribution in [2.24, 2.45) is 0 Å². The van der Waals surface area contributed by atoms with Crippen molar-refractivity contribution in [2.75, 3.05) is 19.7 Å². The molecule has 5 nitrogen and oxygen atoms in total. The van der Waals surface area contributed by atoms with Gasteiger partial charge in [0.15, 0.2) is 5.69 Å². The molecule has 1 aliphatic rings. The summed E-state index contributed by atoms with van der Waals surface area (Å²) in [6.45, 7) is 5.96. The SMILES string of the molecule is CCOc1nc(C(=O)N2CCCC(C)(c3ccccc3)C2)co1. The number of nitrogens with zero attached hydrogens (tertiary/aromatic N) is 2. The van der Waals surface area contributed by atoms with Gasteiger partial charge in [0.1, 0.15) is 6.26 Å². The maximum Gasteiger partial charge on any atom is 0.394 e. The summed E-state index contributed by atoms with van der Waals surface area (Å²) in [5, 5.41) is 0. The molecule has 0 saturated carbocycles. The molecule has 1 unspecified atom stereocenters. The summed E-state index contributed by atoms with van der Waals surface area (Å²) in [6.07, 6.45) is 3.58. The Morgan fingerprint density at radius 1 is 1.39 bits per heavy atom. The number of amides is 1. The third-order valence-electron chi connectivity index (χ3n) is 4.42. The van der Waals surface area contributed by atoms with E-state index in [1.807, 2.05) is 30.0 Å². The molecule has 0 spiro atoms. The number of aromatic nitrogens is 1. The molecule has 1 fully saturated rings. The van der Waals surface area contributed by atoms with Crippen LogP contribution in [0.1, 0.15) is 42.7 Å². The van der Waals surface area contributed by atoms with Crippen LogP contribution in [0.25, 0.3) is 0 Å². The van der Waals surface area contributed by atoms with Gasteiger partial charge in [0, 0.05) is 18.5 Å². The van der Waals surface area contributed by atoms with Gasteiger partial charge in [0.25, 0.3) is 5.91 Å². The molecule has 2 aromatic rings. The van der Waals surface area contributed by atoms with E-state index in [4.69, 9.17) is 9.15 Å². The van der Waals surface area contributed by atoms with E-state index in [0.717, 1.165) is 19.4 Å². The predicted molar refractivity (Wildman–Crippen MR) is 86.6 cm³/mol. The standard InChI is InChI=1S/C18H22N2O3/c1-3-22-17-19-15(12-23-17)16(21)20-11-7-10-18(2,13-20)14-8-5-4-6-9-14/h4-6,8-9,12H,3,7,10-11,13H2,1-2H3. The van der Waals surface area contributed by atoms with Crippen LogP contribution in [0.4, 0.5) is 0 Å². The molecule has 0 bridgehead atoms. The van der Waals surface area contributed by atoms with Gasteiger partial charge in [-0.15, -0.1) is 0 Å². The number of likely N-dealkylation sites (tertiary alicyclic amines) is 1. The minimum absolute atomic E-state index is 0.0261. The second-order valence-electron chi connectivity index (χ2n) is 6.19. The van der Waals surface area contributed by atoms with Crippen LogP contribution in [-0.4, -0.2) is 35.5 Å². The van der Waals surface area contributed by atoms with Crippen molar-refractivity contribution in [1.82, 2.24) is 9.88 Å². The lowest BCUT2D eigenvalue weighted by molar-refractivity contribution is 0.0644. The van der Waals surface area contributed by atoms with Crippen LogP contribution in [0.5, 0.6) is 6.08 Å². The van der Waals surface area contributed by atoms with Gasteiger partial charge in [-0.1, -0.05) is 37.3 Å². The largest absolute Gasteiger partial charge is 0.450 e. The van der Waals surface area contributed by atoms with Gasteiger partial charge in [-0.3, -0.25) is 4.79 Å². The zero-order valence-corrected chi connectivity index (χ0v) is 13.6. The normalized spacial score (nSPS) is 21.2. The fourth-order valence-electron chi connectivity index (χ4n) is 3.20. The van der Waals surface area contributed by atoms with Crippen molar-refractivity contribution in [1.29, 1.82) is 0 Å². The summed E-state index contributed by atoms with van der Waals surface area (Å²) in [6, 6.07) is 10.4. The summed E-state index contributed by atoms with van der Waals surface area (Å²) in [5.41, 5.74) is 1.56. The number of hydrogen-bond acceptors (Lipinski definition) is 4. The molecule has 2 heterocycles. The summed E-state index contributed by atoms with van der Waals surface area (Å²) < 4.78 is 10.4. The Bertz CT molecular complexity index is 668. The number of hydrogen-bond donors (Lipinski definition) is 0. The van der Waals surface area contributed by atoms with E-state index in [1.54, 1.807) is 0 Å². The fraction of sp³-hybridized carbons (Fsp3) is 0.444. The smallest absolute Gasteiger partial charge is 0.394 e. The van der Waals surface area contributed by atoms with E-state index in [0.29, 0.717) is 18.8 Å². The van der Waals surface area contributed by atoms with Gasteiger partial charge in [-0.25, -0.2) is 0 Å². The van der Waals surface area contributed by atoms with E-state index in [-0.39, 0.29) is 17.4 Å². The first-order valence-corrected chi connectivity index (χ1v) is 8.05. The quantitative estimate of drug-likeness (QED) is 0.869. The molecule has 3 rings (SSSR count). The van der Waals surface area contributed by atoms with E-state index >= 15 is 0 Å². The van der Waals surface area contributed by atoms with Crippen LogP contribution in [0.2, 0.25) is 0 Å². The second-order valence-corrected chi connectivity index (χ2v) is 6.19. The third-order valence-corrected chi connectivity index (χ3v) is 4.42. The van der Waals surface area contributed by atoms with Crippen LogP contribution < -0.4 is 4.74 Å². The molecule has 122 valence electrons. The summed E-state index contributed by atoms with van der Waals surface area (Å²) in [4.78, 5) is 18.7. The molecule has 1 aromatic heterocycles. The summed E-state index contributed by atoms with van der Waals surface area (Å²) in [7, 11) is 0. The maximum absolute atomic E-state index is 12.7. The Balaban J connectivity index is 1.76. The highest BCUT2D eigenvalue weighted by molar-refractivity contribution is 5.92. The van der Waals surface area contributed by atoms with Crippen LogP contribution in [0.3, 0.4) is 0 Å². The third kappa shape index (κ3) is 3.23. The summed E-state index contributed by atoms with van der Waals surface area (Å²) >= 11 is 0. The Labute approximate surface area is 136 Å². The minimum atomic E-state index is -0.0958. The average molecular weight is 314 g/mol. The first kappa shape index (κ1) is 15.6. The Morgan fingerprint density at radius 3 is 2.91 bits per heavy atom. The van der Waals surface area contributed by atoms with Crippen molar-refractivity contribution in [3.8, 4) is 6.08 Å². The monoisotopic (exact) mass is 314 g/mol. The highest BCUT2D eigenvalue weighted by atomic mass is 16.6. The van der Waals surface area contributed by atoms with Gasteiger partial charge in [-0.05, 0) is 25.3 Å². The Morgan fingerprint density at radius 2 is 2.17 bits per heavy atom. The number of carbonyl (C=O) groups is 1. The molecule has 0 N–H and O–H groups in total. The number of oxazole rings is 1. The predicted octanol–water partition coefficient (Wildman–Crippen LogP) is 3.27. The molecule has 5 heteroatoms. The highest BCUT2D eigenvalue weighted by Gasteiger charge is 2.35. The van der Waals surface area contributed by atoms with Gasteiger partial charge in [0.05, 0.1) is 6.61 Å². The van der Waals surface area contributed by atoms with Crippen molar-refractivity contribution in [2.45, 2.75) is 32.1 Å². The molecular formula is C18H22N2O3. The van der Waals surface area contributed by atoms with E-state index in [1.165, 1.54) is 11.8 Å². The first-order valence-electron chi connectivity index (χ1n) is 8.05. The van der Waals surface area contributed by atoms with Crippen molar-refractivity contribution in [3.63, 3.8) is 0 Å². The fourth-order valence-corrected chi connectivity index (χ4v) is 3.20. The zero-order chi connectivity index (χ0) is 16.3. The van der Waals surface area contributed by atoms with Gasteiger partial charge in [-0.2, -0.15) is 4.98 Å². The molecule has 1 aliphatic heterocycles. The molecule has 23 heavy (non-hydrogen) atoms. The lowest BCUT2D eigenvalue weighted by Gasteiger charge is -2.40. The van der Waals surface area contributed by atoms with Crippen molar-refractivity contribution >= 4 is 5.91 Å². The van der Waals surface area contributed by atoms with Crippen LogP contribution in [0, 0.1) is 0 Å². The molecule has 0 radical (unpaired) electrons. The Kier molecular flexibility index (Phi) is 4.37. The number of ether oxygens (including phenoxy) is 1. The lowest BCUT2D eigenvalue weighted by atomic mass is 9.76. The van der Waals surface area contributed by atoms with Gasteiger partial charge in [0.2, 0.25) is 0 Å². The number of piperidine rings is 1. The zero-order valence-electron chi connectivity index (χ0n) is 13.6. The maximum atomic E-state index is 12.7.